The summed E-state index contributed by atoms with van der Waals surface area (Å²) >= 11 is 0. The van der Waals surface area contributed by atoms with Crippen LogP contribution in [0.25, 0.3) is 0 Å². The average Bonchev–Trinajstić information content (AvgIpc) is 1.09. The van der Waals surface area contributed by atoms with Crippen LogP contribution in [0.2, 0.25) is 0 Å². The summed E-state index contributed by atoms with van der Waals surface area (Å²) in [5.74, 6) is -1.21. The molecular formula is C80H137NO10. The van der Waals surface area contributed by atoms with Crippen molar-refractivity contribution in [1.29, 1.82) is 0 Å². The van der Waals surface area contributed by atoms with E-state index >= 15 is 0 Å². The summed E-state index contributed by atoms with van der Waals surface area (Å²) in [5.41, 5.74) is 0. The van der Waals surface area contributed by atoms with Gasteiger partial charge in [-0.1, -0.05) is 309 Å². The second kappa shape index (κ2) is 66.1. The zero-order valence-electron chi connectivity index (χ0n) is 58.2. The topological polar surface area (TPSA) is 175 Å². The Hall–Kier alpha value is -3.94. The van der Waals surface area contributed by atoms with E-state index in [1.165, 1.54) is 135 Å². The van der Waals surface area contributed by atoms with Gasteiger partial charge in [-0.2, -0.15) is 0 Å². The normalized spacial score (nSPS) is 18.7. The maximum Gasteiger partial charge on any atom is 0.306 e. The minimum atomic E-state index is -1.63. The molecule has 1 heterocycles. The van der Waals surface area contributed by atoms with E-state index in [0.717, 1.165) is 128 Å². The molecule has 6 N–H and O–H groups in total. The highest BCUT2D eigenvalue weighted by Gasteiger charge is 2.47. The molecule has 91 heavy (non-hydrogen) atoms. The van der Waals surface area contributed by atoms with Crippen molar-refractivity contribution in [3.63, 3.8) is 0 Å². The van der Waals surface area contributed by atoms with E-state index in [1.807, 2.05) is 6.08 Å². The lowest BCUT2D eigenvalue weighted by Crippen LogP contribution is -2.61. The molecule has 0 aromatic heterocycles. The number of aliphatic hydroxyl groups is 5. The fraction of sp³-hybridized carbons (Fsp3) is 0.725. The van der Waals surface area contributed by atoms with Gasteiger partial charge < -0.3 is 45.1 Å². The molecule has 11 nitrogen and oxygen atoms in total. The number of hydrogen-bond acceptors (Lipinski definition) is 10. The standard InChI is InChI=1S/C80H137NO10/c1-4-7-10-13-16-19-22-25-27-29-31-33-35-37-39-41-43-45-47-50-53-56-59-62-65-68-75(85)91-78-77(87)76(86)74(69-82)90-80(78)89-70-71(72(83)66-63-60-57-54-51-48-24-21-18-15-12-9-6-3)81-79(88)73(84)67-64-61-58-55-52-49-46-44-42-40-38-36-34-32-30-28-26-23-20-17-14-11-8-5-2/h7,10,16-17,19-20,25-28,31-34,37-40,63,66,71-74,76-78,80,82-84,86-87H,4-6,8-9,11-15,18,21-24,29-30,35-36,41-62,64-65,67-70H2,1-3H3,(H,81,88)/b10-7-,19-16-,20-17-,27-25-,28-26-,33-31-,34-32-,39-37-,40-38-,66-63+. The second-order valence-electron chi connectivity index (χ2n) is 25.3. The lowest BCUT2D eigenvalue weighted by Gasteiger charge is -2.41. The molecule has 0 saturated carbocycles. The minimum absolute atomic E-state index is 0.109. The lowest BCUT2D eigenvalue weighted by atomic mass is 9.99. The molecule has 1 rings (SSSR count). The van der Waals surface area contributed by atoms with E-state index in [1.54, 1.807) is 6.08 Å². The lowest BCUT2D eigenvalue weighted by molar-refractivity contribution is -0.305. The molecule has 1 saturated heterocycles. The Balaban J connectivity index is 2.58. The van der Waals surface area contributed by atoms with Crippen LogP contribution in [0.4, 0.5) is 0 Å². The van der Waals surface area contributed by atoms with Gasteiger partial charge in [0.25, 0.3) is 0 Å². The first-order valence-electron chi connectivity index (χ1n) is 37.3. The van der Waals surface area contributed by atoms with Crippen molar-refractivity contribution in [3.8, 4) is 0 Å². The van der Waals surface area contributed by atoms with Crippen LogP contribution in [0.15, 0.2) is 122 Å². The quantitative estimate of drug-likeness (QED) is 0.0195. The number of carbonyl (C=O) groups is 2. The first kappa shape index (κ1) is 85.1. The summed E-state index contributed by atoms with van der Waals surface area (Å²) < 4.78 is 17.7. The Kier molecular flexibility index (Phi) is 61.8. The fourth-order valence-electron chi connectivity index (χ4n) is 11.0. The van der Waals surface area contributed by atoms with Gasteiger partial charge in [-0.05, 0) is 116 Å². The van der Waals surface area contributed by atoms with Gasteiger partial charge in [-0.3, -0.25) is 9.59 Å². The summed E-state index contributed by atoms with van der Waals surface area (Å²) in [6.45, 7) is 5.67. The van der Waals surface area contributed by atoms with Crippen LogP contribution in [-0.4, -0.2) is 99.6 Å². The van der Waals surface area contributed by atoms with E-state index in [2.05, 4.69) is 135 Å². The largest absolute Gasteiger partial charge is 0.454 e. The maximum absolute atomic E-state index is 13.5. The van der Waals surface area contributed by atoms with E-state index in [0.29, 0.717) is 12.8 Å². The Bertz CT molecular complexity index is 1950. The molecule has 1 amide bonds. The van der Waals surface area contributed by atoms with Crippen molar-refractivity contribution in [2.75, 3.05) is 13.2 Å². The van der Waals surface area contributed by atoms with Crippen molar-refractivity contribution in [1.82, 2.24) is 5.32 Å². The number of carbonyl (C=O) groups excluding carboxylic acids is 2. The minimum Gasteiger partial charge on any atom is -0.454 e. The molecule has 0 aromatic carbocycles. The van der Waals surface area contributed by atoms with Crippen LogP contribution in [0.1, 0.15) is 310 Å². The molecule has 8 atom stereocenters. The van der Waals surface area contributed by atoms with Crippen LogP contribution in [0.5, 0.6) is 0 Å². The van der Waals surface area contributed by atoms with E-state index in [4.69, 9.17) is 14.2 Å². The monoisotopic (exact) mass is 1270 g/mol. The van der Waals surface area contributed by atoms with Gasteiger partial charge in [0.15, 0.2) is 12.4 Å². The van der Waals surface area contributed by atoms with Crippen LogP contribution in [-0.2, 0) is 23.8 Å². The van der Waals surface area contributed by atoms with Crippen LogP contribution in [0, 0.1) is 0 Å². The third-order valence-electron chi connectivity index (χ3n) is 16.8. The predicted octanol–water partition coefficient (Wildman–Crippen LogP) is 19.7. The van der Waals surface area contributed by atoms with Gasteiger partial charge in [0.2, 0.25) is 5.91 Å². The van der Waals surface area contributed by atoms with E-state index < -0.39 is 67.4 Å². The molecule has 0 spiro atoms. The second-order valence-corrected chi connectivity index (χ2v) is 25.3. The number of rotatable bonds is 63. The smallest absolute Gasteiger partial charge is 0.306 e. The third kappa shape index (κ3) is 53.1. The summed E-state index contributed by atoms with van der Waals surface area (Å²) in [6.07, 6.45) is 82.2. The SMILES string of the molecule is CC/C=C\C/C=C\C/C=C\C/C=C\C/C=C\CCCCCCCCCCCC(=O)OC1C(OCC(NC(=O)C(O)CCCCCCCCCC/C=C\C/C=C\C/C=C\C/C=C\CCCCC)C(O)/C=C/CCCCCCCCCCCCC)OC(CO)C(O)C1O. The molecule has 8 unspecified atom stereocenters. The molecule has 1 aliphatic heterocycles. The molecule has 0 aromatic rings. The number of nitrogens with one attached hydrogen (secondary N) is 1. The summed E-state index contributed by atoms with van der Waals surface area (Å²) in [4.78, 5) is 26.7. The Morgan fingerprint density at radius 3 is 1.21 bits per heavy atom. The molecule has 1 aliphatic rings. The molecule has 0 aliphatic carbocycles. The van der Waals surface area contributed by atoms with Gasteiger partial charge in [0.1, 0.15) is 24.4 Å². The number of esters is 1. The number of allylic oxidation sites excluding steroid dienone is 19. The van der Waals surface area contributed by atoms with Crippen LogP contribution >= 0.6 is 0 Å². The molecule has 1 fully saturated rings. The predicted molar refractivity (Wildman–Crippen MR) is 384 cm³/mol. The van der Waals surface area contributed by atoms with Crippen LogP contribution in [0.3, 0.4) is 0 Å². The highest BCUT2D eigenvalue weighted by molar-refractivity contribution is 5.80. The zero-order valence-corrected chi connectivity index (χ0v) is 58.2. The number of aliphatic hydroxyl groups excluding tert-OH is 5. The number of ether oxygens (including phenoxy) is 3. The zero-order chi connectivity index (χ0) is 66.0. The highest BCUT2D eigenvalue weighted by atomic mass is 16.7. The van der Waals surface area contributed by atoms with Gasteiger partial charge >= 0.3 is 5.97 Å². The van der Waals surface area contributed by atoms with Gasteiger partial charge in [-0.25, -0.2) is 0 Å². The molecule has 0 radical (unpaired) electrons. The molecule has 522 valence electrons. The van der Waals surface area contributed by atoms with Crippen molar-refractivity contribution < 1.29 is 49.3 Å². The van der Waals surface area contributed by atoms with Crippen LogP contribution < -0.4 is 5.32 Å². The molecular weight excluding hydrogens is 1130 g/mol. The van der Waals surface area contributed by atoms with Gasteiger partial charge in [-0.15, -0.1) is 0 Å². The number of hydrogen-bond donors (Lipinski definition) is 6. The van der Waals surface area contributed by atoms with Crippen molar-refractivity contribution in [2.24, 2.45) is 0 Å². The maximum atomic E-state index is 13.5. The first-order valence-corrected chi connectivity index (χ1v) is 37.3. The van der Waals surface area contributed by atoms with Crippen molar-refractivity contribution >= 4 is 11.9 Å². The highest BCUT2D eigenvalue weighted by Crippen LogP contribution is 2.26. The summed E-state index contributed by atoms with van der Waals surface area (Å²) in [5, 5.41) is 57.4. The molecule has 11 heteroatoms. The third-order valence-corrected chi connectivity index (χ3v) is 16.8. The fourth-order valence-corrected chi connectivity index (χ4v) is 11.0. The van der Waals surface area contributed by atoms with E-state index in [-0.39, 0.29) is 19.4 Å². The summed E-state index contributed by atoms with van der Waals surface area (Å²) in [7, 11) is 0. The van der Waals surface area contributed by atoms with Gasteiger partial charge in [0.05, 0.1) is 25.4 Å². The van der Waals surface area contributed by atoms with Crippen molar-refractivity contribution in [2.45, 2.75) is 359 Å². The van der Waals surface area contributed by atoms with Crippen molar-refractivity contribution in [3.05, 3.63) is 122 Å². The van der Waals surface area contributed by atoms with E-state index in [9.17, 15) is 35.1 Å². The Labute approximate surface area is 557 Å². The molecule has 0 bridgehead atoms. The van der Waals surface area contributed by atoms with Gasteiger partial charge in [0, 0.05) is 6.42 Å². The number of amides is 1. The Morgan fingerprint density at radius 2 is 0.791 bits per heavy atom. The first-order chi connectivity index (χ1) is 44.7. The Morgan fingerprint density at radius 1 is 0.440 bits per heavy atom. The number of unbranched alkanes of at least 4 members (excludes halogenated alkanes) is 31. The average molecular weight is 1270 g/mol. The summed E-state index contributed by atoms with van der Waals surface area (Å²) in [6, 6.07) is -1.04.